The van der Waals surface area contributed by atoms with Gasteiger partial charge in [-0.05, 0) is 71.8 Å². The van der Waals surface area contributed by atoms with Crippen molar-refractivity contribution in [3.05, 3.63) is 212 Å². The summed E-state index contributed by atoms with van der Waals surface area (Å²) in [7, 11) is 0. The fourth-order valence-corrected chi connectivity index (χ4v) is 9.54. The first kappa shape index (κ1) is 35.2. The normalized spacial score (nSPS) is 11.8. The second-order valence-electron chi connectivity index (χ2n) is 16.0. The number of para-hydroxylation sites is 2. The minimum absolute atomic E-state index is 0.686. The van der Waals surface area contributed by atoms with Crippen molar-refractivity contribution in [2.45, 2.75) is 0 Å². The maximum absolute atomic E-state index is 6.79. The maximum Gasteiger partial charge on any atom is 0.166 e. The van der Waals surface area contributed by atoms with Crippen LogP contribution in [0.25, 0.3) is 122 Å². The van der Waals surface area contributed by atoms with Gasteiger partial charge < -0.3 is 8.98 Å². The topological polar surface area (TPSA) is 61.7 Å². The summed E-state index contributed by atoms with van der Waals surface area (Å²) in [5.74, 6) is 0.693. The Balaban J connectivity index is 1.22. The summed E-state index contributed by atoms with van der Waals surface area (Å²) in [6.45, 7) is 0. The third kappa shape index (κ3) is 5.48. The average Bonchev–Trinajstić information content (AvgIpc) is 4.01. The highest BCUT2D eigenvalue weighted by molar-refractivity contribution is 6.27. The van der Waals surface area contributed by atoms with Crippen LogP contribution in [0.5, 0.6) is 0 Å². The number of benzene rings is 8. The van der Waals surface area contributed by atoms with Gasteiger partial charge in [-0.25, -0.2) is 9.97 Å². The third-order valence-electron chi connectivity index (χ3n) is 12.4. The van der Waals surface area contributed by atoms with Crippen molar-refractivity contribution in [1.82, 2.24) is 24.1 Å². The Labute approximate surface area is 361 Å². The van der Waals surface area contributed by atoms with Crippen molar-refractivity contribution in [2.75, 3.05) is 0 Å². The number of aromatic nitrogens is 5. The van der Waals surface area contributed by atoms with Crippen LogP contribution in [-0.4, -0.2) is 24.1 Å². The van der Waals surface area contributed by atoms with Gasteiger partial charge in [0, 0.05) is 49.9 Å². The number of nitrogens with zero attached hydrogens (tertiary/aromatic N) is 5. The Hall–Kier alpha value is -8.61. The van der Waals surface area contributed by atoms with E-state index < -0.39 is 0 Å². The summed E-state index contributed by atoms with van der Waals surface area (Å²) in [4.78, 5) is 16.3. The van der Waals surface area contributed by atoms with E-state index in [2.05, 4.69) is 167 Å². The summed E-state index contributed by atoms with van der Waals surface area (Å²) >= 11 is 0. The molecule has 294 valence electrons. The molecule has 13 rings (SSSR count). The van der Waals surface area contributed by atoms with Gasteiger partial charge in [-0.15, -0.1) is 0 Å². The van der Waals surface area contributed by atoms with Crippen molar-refractivity contribution in [2.24, 2.45) is 0 Å². The smallest absolute Gasteiger partial charge is 0.166 e. The molecule has 0 spiro atoms. The van der Waals surface area contributed by atoms with Gasteiger partial charge in [-0.1, -0.05) is 146 Å². The molecule has 5 aromatic heterocycles. The Morgan fingerprint density at radius 1 is 0.365 bits per heavy atom. The Morgan fingerprint density at radius 3 is 1.71 bits per heavy atom. The molecular formula is C57H35N5O. The molecule has 0 N–H and O–H groups in total. The van der Waals surface area contributed by atoms with E-state index in [-0.39, 0.29) is 0 Å². The molecule has 0 amide bonds. The number of hydrogen-bond donors (Lipinski definition) is 0. The Kier molecular flexibility index (Phi) is 7.80. The van der Waals surface area contributed by atoms with E-state index in [0.717, 1.165) is 111 Å². The van der Waals surface area contributed by atoms with Crippen LogP contribution in [0.2, 0.25) is 0 Å². The number of rotatable bonds is 6. The van der Waals surface area contributed by atoms with Crippen LogP contribution in [0.3, 0.4) is 0 Å². The lowest BCUT2D eigenvalue weighted by Gasteiger charge is -2.17. The molecule has 5 heterocycles. The Bertz CT molecular complexity index is 3870. The molecular weight excluding hydrogens is 771 g/mol. The lowest BCUT2D eigenvalue weighted by atomic mass is 10.0. The number of pyridine rings is 1. The first-order valence-corrected chi connectivity index (χ1v) is 21.2. The second kappa shape index (κ2) is 14.0. The summed E-state index contributed by atoms with van der Waals surface area (Å²) in [6, 6.07) is 72.1. The molecule has 0 saturated heterocycles. The number of furan rings is 1. The standard InChI is InChI=1S/C57H35N5O/c1-5-17-36(18-6-1)39-28-29-41-44-34-45-50(61(40-23-11-4-12-24-40)47-31-30-43-42-25-13-14-27-51(42)63-56(43)52(45)47)35-49(44)62(48(41)33-39)57-55(46-26-15-16-32-58-46)59-53(37-19-7-2-8-20-37)54(60-57)38-21-9-3-10-22-38/h1-35H. The van der Waals surface area contributed by atoms with Gasteiger partial charge in [0.2, 0.25) is 0 Å². The van der Waals surface area contributed by atoms with Crippen LogP contribution >= 0.6 is 0 Å². The van der Waals surface area contributed by atoms with Crippen molar-refractivity contribution in [3.63, 3.8) is 0 Å². The molecule has 8 aromatic carbocycles. The van der Waals surface area contributed by atoms with Crippen molar-refractivity contribution < 1.29 is 4.42 Å². The molecule has 13 aromatic rings. The second-order valence-corrected chi connectivity index (χ2v) is 16.0. The van der Waals surface area contributed by atoms with Crippen LogP contribution in [0, 0.1) is 0 Å². The Morgan fingerprint density at radius 2 is 0.984 bits per heavy atom. The SMILES string of the molecule is c1ccc(-c2ccc3c4cc5c6c7oc8ccccc8c7ccc6n(-c6ccccc6)c5cc4n(-c4nc(-c5ccccc5)c(-c5ccccc5)nc4-c4ccccn4)c3c2)cc1. The molecule has 0 fully saturated rings. The summed E-state index contributed by atoms with van der Waals surface area (Å²) in [6.07, 6.45) is 1.83. The van der Waals surface area contributed by atoms with Crippen molar-refractivity contribution in [3.8, 4) is 56.5 Å². The minimum atomic E-state index is 0.686. The van der Waals surface area contributed by atoms with Gasteiger partial charge in [0.05, 0.1) is 44.5 Å². The highest BCUT2D eigenvalue weighted by atomic mass is 16.3. The van der Waals surface area contributed by atoms with Gasteiger partial charge in [0.1, 0.15) is 16.9 Å². The van der Waals surface area contributed by atoms with E-state index in [4.69, 9.17) is 19.4 Å². The van der Waals surface area contributed by atoms with Gasteiger partial charge in [0.25, 0.3) is 0 Å². The van der Waals surface area contributed by atoms with E-state index in [0.29, 0.717) is 11.5 Å². The first-order valence-electron chi connectivity index (χ1n) is 21.2. The van der Waals surface area contributed by atoms with E-state index in [9.17, 15) is 0 Å². The number of fused-ring (bicyclic) bond motifs is 10. The van der Waals surface area contributed by atoms with Gasteiger partial charge in [-0.3, -0.25) is 9.55 Å². The molecule has 0 aliphatic rings. The predicted octanol–water partition coefficient (Wildman–Crippen LogP) is 14.6. The predicted molar refractivity (Wildman–Crippen MR) is 258 cm³/mol. The first-order chi connectivity index (χ1) is 31.3. The molecule has 0 aliphatic carbocycles. The molecule has 0 saturated carbocycles. The van der Waals surface area contributed by atoms with Gasteiger partial charge >= 0.3 is 0 Å². The van der Waals surface area contributed by atoms with Gasteiger partial charge in [-0.2, -0.15) is 0 Å². The minimum Gasteiger partial charge on any atom is -0.455 e. The van der Waals surface area contributed by atoms with Crippen molar-refractivity contribution >= 4 is 65.6 Å². The quantitative estimate of drug-likeness (QED) is 0.168. The zero-order valence-corrected chi connectivity index (χ0v) is 33.9. The molecule has 0 atom stereocenters. The molecule has 0 bridgehead atoms. The summed E-state index contributed by atoms with van der Waals surface area (Å²) in [5.41, 5.74) is 14.2. The lowest BCUT2D eigenvalue weighted by molar-refractivity contribution is 0.673. The molecule has 0 radical (unpaired) electrons. The van der Waals surface area contributed by atoms with Crippen LogP contribution in [-0.2, 0) is 0 Å². The monoisotopic (exact) mass is 805 g/mol. The zero-order chi connectivity index (χ0) is 41.4. The van der Waals surface area contributed by atoms with E-state index in [1.807, 2.05) is 54.7 Å². The van der Waals surface area contributed by atoms with Crippen LogP contribution in [0.15, 0.2) is 217 Å². The van der Waals surface area contributed by atoms with Crippen LogP contribution < -0.4 is 0 Å². The van der Waals surface area contributed by atoms with Crippen LogP contribution in [0.1, 0.15) is 0 Å². The summed E-state index contributed by atoms with van der Waals surface area (Å²) in [5, 5.41) is 6.60. The molecule has 0 unspecified atom stereocenters. The fourth-order valence-electron chi connectivity index (χ4n) is 9.54. The van der Waals surface area contributed by atoms with Gasteiger partial charge in [0.15, 0.2) is 5.82 Å². The highest BCUT2D eigenvalue weighted by Crippen LogP contribution is 2.45. The van der Waals surface area contributed by atoms with E-state index >= 15 is 0 Å². The molecule has 0 aliphatic heterocycles. The van der Waals surface area contributed by atoms with Crippen molar-refractivity contribution in [1.29, 1.82) is 0 Å². The number of hydrogen-bond acceptors (Lipinski definition) is 4. The molecule has 6 nitrogen and oxygen atoms in total. The molecule has 6 heteroatoms. The van der Waals surface area contributed by atoms with Crippen LogP contribution in [0.4, 0.5) is 0 Å². The van der Waals surface area contributed by atoms with E-state index in [1.165, 1.54) is 0 Å². The fraction of sp³-hybridized carbons (Fsp3) is 0. The summed E-state index contributed by atoms with van der Waals surface area (Å²) < 4.78 is 11.5. The average molecular weight is 806 g/mol. The van der Waals surface area contributed by atoms with E-state index in [1.54, 1.807) is 0 Å². The lowest BCUT2D eigenvalue weighted by Crippen LogP contribution is -2.07. The highest BCUT2D eigenvalue weighted by Gasteiger charge is 2.26. The molecule has 63 heavy (non-hydrogen) atoms. The largest absolute Gasteiger partial charge is 0.455 e. The maximum atomic E-state index is 6.79. The third-order valence-corrected chi connectivity index (χ3v) is 12.4. The zero-order valence-electron chi connectivity index (χ0n) is 33.9.